The molecule has 0 fully saturated rings. The molecular weight excluding hydrogens is 245 g/mol. The Bertz CT molecular complexity index is 452. The summed E-state index contributed by atoms with van der Waals surface area (Å²) < 4.78 is 13.9. The van der Waals surface area contributed by atoms with E-state index >= 15 is 0 Å². The third-order valence-corrected chi connectivity index (χ3v) is 3.20. The number of nitrogens with one attached hydrogen (secondary N) is 1. The molecule has 0 aliphatic heterocycles. The van der Waals surface area contributed by atoms with Crippen LogP contribution in [0.1, 0.15) is 43.1 Å². The third-order valence-electron chi connectivity index (χ3n) is 3.20. The van der Waals surface area contributed by atoms with Gasteiger partial charge in [-0.05, 0) is 30.4 Å². The maximum absolute atomic E-state index is 13.9. The van der Waals surface area contributed by atoms with Gasteiger partial charge in [0.05, 0.1) is 5.56 Å². The molecule has 3 nitrogen and oxygen atoms in total. The van der Waals surface area contributed by atoms with Gasteiger partial charge in [-0.25, -0.2) is 4.39 Å². The first-order chi connectivity index (χ1) is 8.77. The zero-order valence-corrected chi connectivity index (χ0v) is 12.0. The lowest BCUT2D eigenvalue weighted by Crippen LogP contribution is -2.44. The summed E-state index contributed by atoms with van der Waals surface area (Å²) >= 11 is 0. The number of carbonyl (C=O) groups is 1. The zero-order chi connectivity index (χ0) is 14.6. The van der Waals surface area contributed by atoms with Crippen molar-refractivity contribution in [1.82, 2.24) is 5.32 Å². The topological polar surface area (TPSA) is 49.3 Å². The molecule has 0 aromatic heterocycles. The molecule has 1 amide bonds. The second-order valence-electron chi connectivity index (χ2n) is 5.84. The Morgan fingerprint density at radius 1 is 1.42 bits per heavy atom. The molecule has 1 atom stereocenters. The molecule has 0 saturated heterocycles. The molecule has 19 heavy (non-hydrogen) atoms. The van der Waals surface area contributed by atoms with Gasteiger partial charge in [-0.15, -0.1) is 0 Å². The molecule has 2 N–H and O–H groups in total. The van der Waals surface area contributed by atoms with Gasteiger partial charge >= 0.3 is 0 Å². The Kier molecular flexibility index (Phi) is 5.06. The molecule has 0 aliphatic rings. The largest absolute Gasteiger partial charge is 0.396 e. The van der Waals surface area contributed by atoms with Crippen LogP contribution in [-0.4, -0.2) is 23.7 Å². The average molecular weight is 267 g/mol. The van der Waals surface area contributed by atoms with Crippen LogP contribution in [-0.2, 0) is 0 Å². The second kappa shape index (κ2) is 6.15. The van der Waals surface area contributed by atoms with Gasteiger partial charge < -0.3 is 10.4 Å². The molecule has 0 spiro atoms. The van der Waals surface area contributed by atoms with Crippen LogP contribution in [0.15, 0.2) is 18.2 Å². The lowest BCUT2D eigenvalue weighted by atomic mass is 9.84. The Morgan fingerprint density at radius 3 is 2.58 bits per heavy atom. The number of rotatable bonds is 4. The van der Waals surface area contributed by atoms with E-state index in [1.807, 2.05) is 20.8 Å². The first kappa shape index (κ1) is 15.6. The van der Waals surface area contributed by atoms with E-state index in [2.05, 4.69) is 5.32 Å². The maximum atomic E-state index is 13.9. The first-order valence-corrected chi connectivity index (χ1v) is 6.44. The number of hydrogen-bond donors (Lipinski definition) is 2. The quantitative estimate of drug-likeness (QED) is 0.881. The van der Waals surface area contributed by atoms with Crippen molar-refractivity contribution in [3.8, 4) is 0 Å². The molecule has 0 aliphatic carbocycles. The van der Waals surface area contributed by atoms with Crippen molar-refractivity contribution in [3.63, 3.8) is 0 Å². The SMILES string of the molecule is Cc1cccc(C(=O)NC(CCO)C(C)(C)C)c1F. The van der Waals surface area contributed by atoms with Crippen LogP contribution in [0.5, 0.6) is 0 Å². The Morgan fingerprint density at radius 2 is 2.05 bits per heavy atom. The Hall–Kier alpha value is -1.42. The molecule has 0 radical (unpaired) electrons. The van der Waals surface area contributed by atoms with Gasteiger partial charge in [0.15, 0.2) is 0 Å². The van der Waals surface area contributed by atoms with E-state index in [0.29, 0.717) is 12.0 Å². The molecule has 0 bridgehead atoms. The smallest absolute Gasteiger partial charge is 0.254 e. The Labute approximate surface area is 113 Å². The fourth-order valence-electron chi connectivity index (χ4n) is 1.91. The lowest BCUT2D eigenvalue weighted by molar-refractivity contribution is 0.0881. The number of aryl methyl sites for hydroxylation is 1. The minimum atomic E-state index is -0.489. The van der Waals surface area contributed by atoms with Gasteiger partial charge in [-0.2, -0.15) is 0 Å². The minimum Gasteiger partial charge on any atom is -0.396 e. The van der Waals surface area contributed by atoms with Crippen LogP contribution >= 0.6 is 0 Å². The van der Waals surface area contributed by atoms with Crippen molar-refractivity contribution in [2.24, 2.45) is 5.41 Å². The van der Waals surface area contributed by atoms with E-state index < -0.39 is 11.7 Å². The summed E-state index contributed by atoms with van der Waals surface area (Å²) in [5.41, 5.74) is 0.299. The molecule has 1 aromatic rings. The van der Waals surface area contributed by atoms with Crippen LogP contribution in [0.25, 0.3) is 0 Å². The van der Waals surface area contributed by atoms with Crippen LogP contribution in [0.4, 0.5) is 4.39 Å². The highest BCUT2D eigenvalue weighted by atomic mass is 19.1. The van der Waals surface area contributed by atoms with Gasteiger partial charge in [-0.3, -0.25) is 4.79 Å². The van der Waals surface area contributed by atoms with Crippen molar-refractivity contribution >= 4 is 5.91 Å². The average Bonchev–Trinajstić information content (AvgIpc) is 2.30. The van der Waals surface area contributed by atoms with Crippen molar-refractivity contribution in [1.29, 1.82) is 0 Å². The molecule has 1 rings (SSSR count). The predicted molar refractivity (Wildman–Crippen MR) is 73.5 cm³/mol. The van der Waals surface area contributed by atoms with E-state index in [9.17, 15) is 9.18 Å². The van der Waals surface area contributed by atoms with Crippen LogP contribution in [0.2, 0.25) is 0 Å². The molecule has 1 aromatic carbocycles. The molecule has 0 heterocycles. The molecular formula is C15H22FNO2. The fraction of sp³-hybridized carbons (Fsp3) is 0.533. The number of halogens is 1. The van der Waals surface area contributed by atoms with Gasteiger partial charge in [0, 0.05) is 12.6 Å². The normalized spacial score (nSPS) is 13.2. The van der Waals surface area contributed by atoms with Crippen molar-refractivity contribution in [2.45, 2.75) is 40.2 Å². The number of aliphatic hydroxyl groups excluding tert-OH is 1. The highest BCUT2D eigenvalue weighted by molar-refractivity contribution is 5.94. The van der Waals surface area contributed by atoms with E-state index in [1.165, 1.54) is 6.07 Å². The van der Waals surface area contributed by atoms with Crippen molar-refractivity contribution in [3.05, 3.63) is 35.1 Å². The summed E-state index contributed by atoms with van der Waals surface area (Å²) in [7, 11) is 0. The predicted octanol–water partition coefficient (Wildman–Crippen LogP) is 2.66. The number of amides is 1. The summed E-state index contributed by atoms with van der Waals surface area (Å²) in [4.78, 5) is 12.1. The molecule has 1 unspecified atom stereocenters. The maximum Gasteiger partial charge on any atom is 0.254 e. The molecule has 0 saturated carbocycles. The van der Waals surface area contributed by atoms with E-state index in [1.54, 1.807) is 19.1 Å². The number of carbonyl (C=O) groups excluding carboxylic acids is 1. The third kappa shape index (κ3) is 4.03. The summed E-state index contributed by atoms with van der Waals surface area (Å²) in [6.45, 7) is 7.53. The molecule has 106 valence electrons. The minimum absolute atomic E-state index is 0.0154. The number of aliphatic hydroxyl groups is 1. The first-order valence-electron chi connectivity index (χ1n) is 6.44. The standard InChI is InChI=1S/C15H22FNO2/c1-10-6-5-7-11(13(10)16)14(19)17-12(8-9-18)15(2,3)4/h5-7,12,18H,8-9H2,1-4H3,(H,17,19). The monoisotopic (exact) mass is 267 g/mol. The van der Waals surface area contributed by atoms with E-state index in [-0.39, 0.29) is 23.6 Å². The summed E-state index contributed by atoms with van der Waals surface area (Å²) in [6.07, 6.45) is 0.447. The Balaban J connectivity index is 2.91. The summed E-state index contributed by atoms with van der Waals surface area (Å²) in [6, 6.07) is 4.55. The van der Waals surface area contributed by atoms with E-state index in [0.717, 1.165) is 0 Å². The van der Waals surface area contributed by atoms with Crippen LogP contribution in [0, 0.1) is 18.2 Å². The van der Waals surface area contributed by atoms with Gasteiger partial charge in [-0.1, -0.05) is 32.9 Å². The highest BCUT2D eigenvalue weighted by Crippen LogP contribution is 2.22. The lowest BCUT2D eigenvalue weighted by Gasteiger charge is -2.31. The fourth-order valence-corrected chi connectivity index (χ4v) is 1.91. The summed E-state index contributed by atoms with van der Waals surface area (Å²) in [5, 5.41) is 11.9. The van der Waals surface area contributed by atoms with E-state index in [4.69, 9.17) is 5.11 Å². The van der Waals surface area contributed by atoms with Crippen LogP contribution < -0.4 is 5.32 Å². The number of hydrogen-bond acceptors (Lipinski definition) is 2. The van der Waals surface area contributed by atoms with Crippen molar-refractivity contribution < 1.29 is 14.3 Å². The highest BCUT2D eigenvalue weighted by Gasteiger charge is 2.27. The zero-order valence-electron chi connectivity index (χ0n) is 12.0. The summed E-state index contributed by atoms with van der Waals surface area (Å²) in [5.74, 6) is -0.925. The van der Waals surface area contributed by atoms with Gasteiger partial charge in [0.2, 0.25) is 0 Å². The van der Waals surface area contributed by atoms with Crippen LogP contribution in [0.3, 0.4) is 0 Å². The molecule has 4 heteroatoms. The second-order valence-corrected chi connectivity index (χ2v) is 5.84. The van der Waals surface area contributed by atoms with Crippen molar-refractivity contribution in [2.75, 3.05) is 6.61 Å². The van der Waals surface area contributed by atoms with Gasteiger partial charge in [0.1, 0.15) is 5.82 Å². The number of benzene rings is 1. The van der Waals surface area contributed by atoms with Gasteiger partial charge in [0.25, 0.3) is 5.91 Å².